The van der Waals surface area contributed by atoms with Crippen LogP contribution in [0.3, 0.4) is 0 Å². The van der Waals surface area contributed by atoms with Gasteiger partial charge in [-0.2, -0.15) is 0 Å². The van der Waals surface area contributed by atoms with Crippen LogP contribution in [0.15, 0.2) is 29.2 Å². The van der Waals surface area contributed by atoms with Crippen molar-refractivity contribution in [2.24, 2.45) is 0 Å². The summed E-state index contributed by atoms with van der Waals surface area (Å²) in [7, 11) is 1.67. The number of hydrogen-bond donors (Lipinski definition) is 0. The van der Waals surface area contributed by atoms with E-state index in [2.05, 4.69) is 11.8 Å². The number of methoxy groups -OCH3 is 1. The number of benzene rings is 1. The lowest BCUT2D eigenvalue weighted by Gasteiger charge is -2.34. The van der Waals surface area contributed by atoms with E-state index in [1.807, 2.05) is 29.2 Å². The van der Waals surface area contributed by atoms with Crippen molar-refractivity contribution in [1.29, 1.82) is 0 Å². The molecule has 5 heteroatoms. The molecule has 0 N–H and O–H groups in total. The van der Waals surface area contributed by atoms with Crippen LogP contribution in [0.5, 0.6) is 5.75 Å². The Bertz CT molecular complexity index is 442. The van der Waals surface area contributed by atoms with Gasteiger partial charge in [-0.25, -0.2) is 0 Å². The molecule has 0 unspecified atom stereocenters. The molecule has 1 aliphatic rings. The second-order valence-corrected chi connectivity index (χ2v) is 6.26. The van der Waals surface area contributed by atoms with Crippen molar-refractivity contribution >= 4 is 17.7 Å². The molecule has 1 amide bonds. The van der Waals surface area contributed by atoms with Gasteiger partial charge < -0.3 is 14.5 Å². The summed E-state index contributed by atoms with van der Waals surface area (Å²) in [5, 5.41) is 0. The number of likely N-dealkylation sites (N-methyl/N-ethyl adjacent to an activating group) is 1. The van der Waals surface area contributed by atoms with E-state index in [1.165, 1.54) is 4.90 Å². The van der Waals surface area contributed by atoms with E-state index in [4.69, 9.17) is 4.74 Å². The zero-order valence-electron chi connectivity index (χ0n) is 12.9. The molecule has 1 heterocycles. The van der Waals surface area contributed by atoms with Gasteiger partial charge in [0.1, 0.15) is 5.75 Å². The molecule has 1 saturated heterocycles. The number of piperazine rings is 1. The first-order valence-electron chi connectivity index (χ1n) is 7.50. The molecular weight excluding hydrogens is 284 g/mol. The van der Waals surface area contributed by atoms with E-state index in [-0.39, 0.29) is 5.91 Å². The highest BCUT2D eigenvalue weighted by atomic mass is 32.2. The SMILES string of the molecule is CCN1CCN(C(=O)CCSc2ccc(OC)cc2)CC1. The number of thioether (sulfide) groups is 1. The molecule has 0 aromatic heterocycles. The summed E-state index contributed by atoms with van der Waals surface area (Å²) in [5.74, 6) is 1.98. The van der Waals surface area contributed by atoms with Gasteiger partial charge in [0.05, 0.1) is 7.11 Å². The van der Waals surface area contributed by atoms with Gasteiger partial charge in [-0.05, 0) is 30.8 Å². The highest BCUT2D eigenvalue weighted by Crippen LogP contribution is 2.22. The number of rotatable bonds is 6. The lowest BCUT2D eigenvalue weighted by molar-refractivity contribution is -0.132. The molecule has 1 aliphatic heterocycles. The van der Waals surface area contributed by atoms with Crippen molar-refractivity contribution in [2.75, 3.05) is 45.6 Å². The van der Waals surface area contributed by atoms with E-state index in [1.54, 1.807) is 18.9 Å². The number of nitrogens with zero attached hydrogens (tertiary/aromatic N) is 2. The van der Waals surface area contributed by atoms with Crippen LogP contribution < -0.4 is 4.74 Å². The van der Waals surface area contributed by atoms with E-state index in [9.17, 15) is 4.79 Å². The summed E-state index contributed by atoms with van der Waals surface area (Å²) in [6.07, 6.45) is 0.614. The maximum absolute atomic E-state index is 12.2. The first kappa shape index (κ1) is 16.2. The Kier molecular flexibility index (Phi) is 6.39. The highest BCUT2D eigenvalue weighted by Gasteiger charge is 2.19. The Hall–Kier alpha value is -1.20. The summed E-state index contributed by atoms with van der Waals surface area (Å²) in [4.78, 5) is 17.7. The maximum atomic E-state index is 12.2. The molecular formula is C16H24N2O2S. The fraction of sp³-hybridized carbons (Fsp3) is 0.562. The minimum absolute atomic E-state index is 0.284. The average Bonchev–Trinajstić information content (AvgIpc) is 2.55. The summed E-state index contributed by atoms with van der Waals surface area (Å²) in [5.41, 5.74) is 0. The molecule has 116 valence electrons. The minimum atomic E-state index is 0.284. The highest BCUT2D eigenvalue weighted by molar-refractivity contribution is 7.99. The van der Waals surface area contributed by atoms with Gasteiger partial charge in [0, 0.05) is 43.2 Å². The molecule has 1 fully saturated rings. The van der Waals surface area contributed by atoms with Gasteiger partial charge in [-0.1, -0.05) is 6.92 Å². The van der Waals surface area contributed by atoms with Crippen LogP contribution >= 0.6 is 11.8 Å². The summed E-state index contributed by atoms with van der Waals surface area (Å²) in [6.45, 7) is 7.01. The monoisotopic (exact) mass is 308 g/mol. The van der Waals surface area contributed by atoms with Crippen molar-refractivity contribution in [1.82, 2.24) is 9.80 Å². The van der Waals surface area contributed by atoms with Gasteiger partial charge in [0.25, 0.3) is 0 Å². The van der Waals surface area contributed by atoms with Gasteiger partial charge in [-0.15, -0.1) is 11.8 Å². The Morgan fingerprint density at radius 2 is 1.86 bits per heavy atom. The minimum Gasteiger partial charge on any atom is -0.497 e. The van der Waals surface area contributed by atoms with Crippen molar-refractivity contribution < 1.29 is 9.53 Å². The molecule has 21 heavy (non-hydrogen) atoms. The Morgan fingerprint density at radius 1 is 1.19 bits per heavy atom. The van der Waals surface area contributed by atoms with Gasteiger partial charge >= 0.3 is 0 Å². The summed E-state index contributed by atoms with van der Waals surface area (Å²) >= 11 is 1.72. The van der Waals surface area contributed by atoms with Crippen LogP contribution in [-0.2, 0) is 4.79 Å². The van der Waals surface area contributed by atoms with E-state index in [0.29, 0.717) is 6.42 Å². The first-order valence-corrected chi connectivity index (χ1v) is 8.48. The van der Waals surface area contributed by atoms with Gasteiger partial charge in [0.2, 0.25) is 5.91 Å². The van der Waals surface area contributed by atoms with Crippen molar-refractivity contribution in [3.63, 3.8) is 0 Å². The second-order valence-electron chi connectivity index (χ2n) is 5.09. The van der Waals surface area contributed by atoms with Crippen LogP contribution in [-0.4, -0.2) is 61.3 Å². The lowest BCUT2D eigenvalue weighted by atomic mass is 10.3. The van der Waals surface area contributed by atoms with Crippen molar-refractivity contribution in [3.8, 4) is 5.75 Å². The predicted octanol–water partition coefficient (Wildman–Crippen LogP) is 2.34. The fourth-order valence-corrected chi connectivity index (χ4v) is 3.24. The van der Waals surface area contributed by atoms with Gasteiger partial charge in [-0.3, -0.25) is 4.79 Å². The maximum Gasteiger partial charge on any atom is 0.223 e. The normalized spacial score (nSPS) is 16.0. The lowest BCUT2D eigenvalue weighted by Crippen LogP contribution is -2.48. The van der Waals surface area contributed by atoms with E-state index < -0.39 is 0 Å². The number of carbonyl (C=O) groups excluding carboxylic acids is 1. The molecule has 0 aliphatic carbocycles. The Morgan fingerprint density at radius 3 is 2.43 bits per heavy atom. The molecule has 4 nitrogen and oxygen atoms in total. The second kappa shape index (κ2) is 8.29. The molecule has 1 aromatic carbocycles. The van der Waals surface area contributed by atoms with Crippen LogP contribution in [0.2, 0.25) is 0 Å². The Labute approximate surface area is 131 Å². The number of carbonyl (C=O) groups is 1. The summed E-state index contributed by atoms with van der Waals surface area (Å²) in [6, 6.07) is 7.98. The van der Waals surface area contributed by atoms with E-state index >= 15 is 0 Å². The van der Waals surface area contributed by atoms with E-state index in [0.717, 1.165) is 44.2 Å². The predicted molar refractivity (Wildman–Crippen MR) is 87.0 cm³/mol. The van der Waals surface area contributed by atoms with Crippen LogP contribution in [0.1, 0.15) is 13.3 Å². The van der Waals surface area contributed by atoms with Gasteiger partial charge in [0.15, 0.2) is 0 Å². The molecule has 0 radical (unpaired) electrons. The third-order valence-corrected chi connectivity index (χ3v) is 4.83. The number of ether oxygens (including phenoxy) is 1. The number of hydrogen-bond acceptors (Lipinski definition) is 4. The molecule has 0 spiro atoms. The largest absolute Gasteiger partial charge is 0.497 e. The molecule has 0 atom stereocenters. The van der Waals surface area contributed by atoms with Crippen LogP contribution in [0, 0.1) is 0 Å². The third kappa shape index (κ3) is 4.93. The first-order chi connectivity index (χ1) is 10.2. The third-order valence-electron chi connectivity index (χ3n) is 3.82. The Balaban J connectivity index is 1.69. The fourth-order valence-electron chi connectivity index (χ4n) is 2.40. The molecule has 0 bridgehead atoms. The zero-order chi connectivity index (χ0) is 15.1. The number of amides is 1. The van der Waals surface area contributed by atoms with Crippen LogP contribution in [0.4, 0.5) is 0 Å². The van der Waals surface area contributed by atoms with Crippen LogP contribution in [0.25, 0.3) is 0 Å². The molecule has 0 saturated carbocycles. The standard InChI is InChI=1S/C16H24N2O2S/c1-3-17-9-11-18(12-10-17)16(19)8-13-21-15-6-4-14(20-2)5-7-15/h4-7H,3,8-13H2,1-2H3. The molecule has 2 rings (SSSR count). The summed E-state index contributed by atoms with van der Waals surface area (Å²) < 4.78 is 5.14. The van der Waals surface area contributed by atoms with Crippen molar-refractivity contribution in [2.45, 2.75) is 18.2 Å². The smallest absolute Gasteiger partial charge is 0.223 e. The van der Waals surface area contributed by atoms with Crippen molar-refractivity contribution in [3.05, 3.63) is 24.3 Å². The zero-order valence-corrected chi connectivity index (χ0v) is 13.7. The molecule has 1 aromatic rings. The topological polar surface area (TPSA) is 32.8 Å². The quantitative estimate of drug-likeness (QED) is 0.755. The average molecular weight is 308 g/mol.